The van der Waals surface area contributed by atoms with Crippen LogP contribution in [0.25, 0.3) is 11.0 Å². The number of nitrogens with one attached hydrogen (secondary N) is 2. The Balaban J connectivity index is 1.22. The Morgan fingerprint density at radius 2 is 1.97 bits per heavy atom. The van der Waals surface area contributed by atoms with Crippen LogP contribution < -0.4 is 14.8 Å². The maximum absolute atomic E-state index is 13.1. The molecule has 0 saturated heterocycles. The third-order valence-electron chi connectivity index (χ3n) is 5.17. The van der Waals surface area contributed by atoms with Gasteiger partial charge in [0.05, 0.1) is 28.9 Å². The number of fused-ring (bicyclic) bond motifs is 2. The van der Waals surface area contributed by atoms with Crippen LogP contribution in [0.3, 0.4) is 0 Å². The fraction of sp³-hybridized carbons (Fsp3) is 0.167. The average molecular weight is 476 g/mol. The molecule has 3 heterocycles. The van der Waals surface area contributed by atoms with Crippen LogP contribution in [0.15, 0.2) is 65.8 Å². The maximum Gasteiger partial charge on any atom is 0.256 e. The van der Waals surface area contributed by atoms with Crippen molar-refractivity contribution in [2.24, 2.45) is 0 Å². The second-order valence-electron chi connectivity index (χ2n) is 7.62. The quantitative estimate of drug-likeness (QED) is 0.392. The zero-order chi connectivity index (χ0) is 23.5. The van der Waals surface area contributed by atoms with Crippen molar-refractivity contribution in [3.63, 3.8) is 0 Å². The Kier molecular flexibility index (Phi) is 6.05. The van der Waals surface area contributed by atoms with Gasteiger partial charge in [-0.05, 0) is 36.4 Å². The summed E-state index contributed by atoms with van der Waals surface area (Å²) in [5.41, 5.74) is 2.81. The first-order valence-corrected chi connectivity index (χ1v) is 11.5. The van der Waals surface area contributed by atoms with Gasteiger partial charge in [-0.2, -0.15) is 0 Å². The lowest BCUT2D eigenvalue weighted by atomic mass is 10.2. The Hall–Kier alpha value is -4.05. The summed E-state index contributed by atoms with van der Waals surface area (Å²) >= 11 is 1.21. The average Bonchev–Trinajstić information content (AvgIpc) is 3.48. The van der Waals surface area contributed by atoms with E-state index in [1.54, 1.807) is 48.5 Å². The summed E-state index contributed by atoms with van der Waals surface area (Å²) in [4.78, 5) is 39.3. The number of amides is 2. The van der Waals surface area contributed by atoms with E-state index in [1.165, 1.54) is 11.8 Å². The second-order valence-corrected chi connectivity index (χ2v) is 8.59. The number of aromatic nitrogens is 3. The number of hydrogen-bond donors (Lipinski definition) is 2. The van der Waals surface area contributed by atoms with Crippen molar-refractivity contribution < 1.29 is 19.1 Å². The topological polar surface area (TPSA) is 109 Å². The maximum atomic E-state index is 13.1. The van der Waals surface area contributed by atoms with Crippen molar-refractivity contribution in [1.82, 2.24) is 19.9 Å². The number of nitrogens with zero attached hydrogens (tertiary/aromatic N) is 3. The van der Waals surface area contributed by atoms with Crippen LogP contribution in [0.4, 0.5) is 5.69 Å². The summed E-state index contributed by atoms with van der Waals surface area (Å²) in [5.74, 6) is 1.61. The van der Waals surface area contributed by atoms with E-state index in [4.69, 9.17) is 9.47 Å². The van der Waals surface area contributed by atoms with Crippen LogP contribution in [0, 0.1) is 0 Å². The summed E-state index contributed by atoms with van der Waals surface area (Å²) < 4.78 is 10.6. The molecule has 5 rings (SSSR count). The molecule has 2 aromatic heterocycles. The minimum Gasteiger partial charge on any atom is -0.454 e. The molecule has 1 aliphatic rings. The minimum atomic E-state index is -0.219. The lowest BCUT2D eigenvalue weighted by Gasteiger charge is -2.17. The first-order chi connectivity index (χ1) is 16.6. The first kappa shape index (κ1) is 21.8. The molecule has 0 atom stereocenters. The Morgan fingerprint density at radius 1 is 1.12 bits per heavy atom. The van der Waals surface area contributed by atoms with Gasteiger partial charge in [0.2, 0.25) is 12.7 Å². The van der Waals surface area contributed by atoms with Gasteiger partial charge in [0.25, 0.3) is 5.91 Å². The fourth-order valence-corrected chi connectivity index (χ4v) is 4.34. The predicted octanol–water partition coefficient (Wildman–Crippen LogP) is 3.69. The van der Waals surface area contributed by atoms with Crippen LogP contribution in [0.2, 0.25) is 0 Å². The van der Waals surface area contributed by atoms with E-state index in [-0.39, 0.29) is 24.4 Å². The van der Waals surface area contributed by atoms with Crippen LogP contribution in [-0.4, -0.2) is 51.3 Å². The third kappa shape index (κ3) is 4.67. The highest BCUT2D eigenvalue weighted by molar-refractivity contribution is 8.00. The second kappa shape index (κ2) is 9.44. The Bertz CT molecular complexity index is 1340. The van der Waals surface area contributed by atoms with Crippen molar-refractivity contribution >= 4 is 40.3 Å². The standard InChI is InChI=1S/C24H21N5O4S/c1-29(12-21-27-17-6-2-3-7-18(17)28-21)24(31)16-5-4-10-25-23(16)34-13-22(30)26-15-8-9-19-20(11-15)33-14-32-19/h2-11H,12-14H2,1H3,(H,26,30)(H,27,28). The molecule has 0 radical (unpaired) electrons. The van der Waals surface area contributed by atoms with Crippen LogP contribution in [0.1, 0.15) is 16.2 Å². The number of carbonyl (C=O) groups is 2. The zero-order valence-corrected chi connectivity index (χ0v) is 19.1. The van der Waals surface area contributed by atoms with E-state index in [1.807, 2.05) is 24.3 Å². The molecule has 0 aliphatic carbocycles. The van der Waals surface area contributed by atoms with Crippen LogP contribution in [0.5, 0.6) is 11.5 Å². The smallest absolute Gasteiger partial charge is 0.256 e. The number of carbonyl (C=O) groups excluding carboxylic acids is 2. The SMILES string of the molecule is CN(Cc1nc2ccccc2[nH]1)C(=O)c1cccnc1SCC(=O)Nc1ccc2c(c1)OCO2. The minimum absolute atomic E-state index is 0.0963. The number of para-hydroxylation sites is 2. The number of anilines is 1. The number of imidazole rings is 1. The number of H-pyrrole nitrogens is 1. The van der Waals surface area contributed by atoms with Gasteiger partial charge in [-0.3, -0.25) is 9.59 Å². The van der Waals surface area contributed by atoms with Crippen LogP contribution in [-0.2, 0) is 11.3 Å². The molecule has 4 aromatic rings. The van der Waals surface area contributed by atoms with Gasteiger partial charge in [-0.15, -0.1) is 0 Å². The summed E-state index contributed by atoms with van der Waals surface area (Å²) in [7, 11) is 1.71. The number of thioether (sulfide) groups is 1. The predicted molar refractivity (Wildman–Crippen MR) is 128 cm³/mol. The lowest BCUT2D eigenvalue weighted by Crippen LogP contribution is -2.27. The molecule has 172 valence electrons. The molecule has 2 amide bonds. The number of benzene rings is 2. The molecule has 0 bridgehead atoms. The summed E-state index contributed by atoms with van der Waals surface area (Å²) in [6.45, 7) is 0.487. The highest BCUT2D eigenvalue weighted by Gasteiger charge is 2.20. The molecule has 34 heavy (non-hydrogen) atoms. The number of aromatic amines is 1. The number of hydrogen-bond acceptors (Lipinski definition) is 7. The summed E-state index contributed by atoms with van der Waals surface area (Å²) in [5, 5.41) is 3.32. The van der Waals surface area contributed by atoms with Crippen molar-refractivity contribution in [2.75, 3.05) is 24.9 Å². The fourth-order valence-electron chi connectivity index (χ4n) is 3.56. The normalized spacial score (nSPS) is 12.0. The molecule has 2 N–H and O–H groups in total. The van der Waals surface area contributed by atoms with Crippen LogP contribution >= 0.6 is 11.8 Å². The Morgan fingerprint density at radius 3 is 2.85 bits per heavy atom. The molecule has 10 heteroatoms. The van der Waals surface area contributed by atoms with Crippen molar-refractivity contribution in [2.45, 2.75) is 11.6 Å². The summed E-state index contributed by atoms with van der Waals surface area (Å²) in [6, 6.07) is 16.3. The molecule has 0 saturated carbocycles. The molecule has 0 fully saturated rings. The largest absolute Gasteiger partial charge is 0.454 e. The van der Waals surface area contributed by atoms with Gasteiger partial charge < -0.3 is 24.7 Å². The van der Waals surface area contributed by atoms with Gasteiger partial charge in [0.1, 0.15) is 10.9 Å². The molecule has 0 unspecified atom stereocenters. The number of ether oxygens (including phenoxy) is 2. The van der Waals surface area contributed by atoms with Gasteiger partial charge in [-0.1, -0.05) is 23.9 Å². The summed E-state index contributed by atoms with van der Waals surface area (Å²) in [6.07, 6.45) is 1.61. The van der Waals surface area contributed by atoms with Gasteiger partial charge in [0.15, 0.2) is 11.5 Å². The van der Waals surface area contributed by atoms with Gasteiger partial charge >= 0.3 is 0 Å². The van der Waals surface area contributed by atoms with Gasteiger partial charge in [-0.25, -0.2) is 9.97 Å². The highest BCUT2D eigenvalue weighted by Crippen LogP contribution is 2.34. The lowest BCUT2D eigenvalue weighted by molar-refractivity contribution is -0.113. The monoisotopic (exact) mass is 475 g/mol. The van der Waals surface area contributed by atoms with E-state index in [2.05, 4.69) is 20.3 Å². The van der Waals surface area contributed by atoms with E-state index in [0.717, 1.165) is 11.0 Å². The van der Waals surface area contributed by atoms with Gasteiger partial charge in [0, 0.05) is 25.0 Å². The molecular formula is C24H21N5O4S. The molecule has 2 aromatic carbocycles. The van der Waals surface area contributed by atoms with E-state index in [9.17, 15) is 9.59 Å². The number of pyridine rings is 1. The van der Waals surface area contributed by atoms with Crippen molar-refractivity contribution in [3.8, 4) is 11.5 Å². The molecule has 9 nitrogen and oxygen atoms in total. The third-order valence-corrected chi connectivity index (χ3v) is 6.18. The van der Waals surface area contributed by atoms with Crippen molar-refractivity contribution in [1.29, 1.82) is 0 Å². The molecule has 1 aliphatic heterocycles. The van der Waals surface area contributed by atoms with E-state index >= 15 is 0 Å². The highest BCUT2D eigenvalue weighted by atomic mass is 32.2. The van der Waals surface area contributed by atoms with Crippen molar-refractivity contribution in [3.05, 3.63) is 72.2 Å². The number of rotatable bonds is 7. The molecule has 0 spiro atoms. The van der Waals surface area contributed by atoms with E-state index in [0.29, 0.717) is 40.1 Å². The molecular weight excluding hydrogens is 454 g/mol. The zero-order valence-electron chi connectivity index (χ0n) is 18.3. The van der Waals surface area contributed by atoms with E-state index < -0.39 is 0 Å². The Labute approximate surface area is 199 Å². The first-order valence-electron chi connectivity index (χ1n) is 10.5.